The van der Waals surface area contributed by atoms with Gasteiger partial charge in [0.25, 0.3) is 0 Å². The van der Waals surface area contributed by atoms with Gasteiger partial charge in [-0.3, -0.25) is 0 Å². The first-order chi connectivity index (χ1) is 9.85. The fraction of sp³-hybridized carbons (Fsp3) is 0.571. The summed E-state index contributed by atoms with van der Waals surface area (Å²) in [5.41, 5.74) is 6.36. The molecule has 0 aliphatic carbocycles. The number of rotatable bonds is 8. The van der Waals surface area contributed by atoms with Crippen molar-refractivity contribution in [3.63, 3.8) is 0 Å². The number of hydrogen-bond donors (Lipinski definition) is 2. The molecular weight excluding hydrogens is 292 g/mol. The zero-order chi connectivity index (χ0) is 16.0. The highest BCUT2D eigenvalue weighted by molar-refractivity contribution is 7.89. The van der Waals surface area contributed by atoms with Crippen LogP contribution in [0, 0.1) is 5.92 Å². The molecule has 0 aliphatic heterocycles. The first-order valence-corrected chi connectivity index (χ1v) is 8.22. The normalized spacial score (nSPS) is 13.4. The van der Waals surface area contributed by atoms with Crippen LogP contribution in [-0.4, -0.2) is 35.3 Å². The van der Waals surface area contributed by atoms with E-state index in [1.807, 2.05) is 13.8 Å². The molecule has 0 saturated heterocycles. The molecule has 0 amide bonds. The maximum atomic E-state index is 12.5. The van der Waals surface area contributed by atoms with E-state index < -0.39 is 10.0 Å². The van der Waals surface area contributed by atoms with Crippen molar-refractivity contribution in [1.82, 2.24) is 4.72 Å². The summed E-state index contributed by atoms with van der Waals surface area (Å²) in [7, 11) is -0.714. The lowest BCUT2D eigenvalue weighted by atomic mass is 10.1. The first kappa shape index (κ1) is 17.9. The second-order valence-electron chi connectivity index (χ2n) is 5.12. The average Bonchev–Trinajstić information content (AvgIpc) is 2.45. The van der Waals surface area contributed by atoms with E-state index in [0.717, 1.165) is 5.56 Å². The van der Waals surface area contributed by atoms with E-state index in [1.165, 1.54) is 13.2 Å². The topological polar surface area (TPSA) is 90.7 Å². The van der Waals surface area contributed by atoms with E-state index in [0.29, 0.717) is 13.2 Å². The summed E-state index contributed by atoms with van der Waals surface area (Å²) in [4.78, 5) is 0.101. The summed E-state index contributed by atoms with van der Waals surface area (Å²) in [6.07, 6.45) is 0. The van der Waals surface area contributed by atoms with E-state index >= 15 is 0 Å². The molecule has 1 rings (SSSR count). The number of benzene rings is 1. The summed E-state index contributed by atoms with van der Waals surface area (Å²) in [5.74, 6) is 0.388. The number of nitrogens with two attached hydrogens (primary N) is 1. The molecule has 120 valence electrons. The van der Waals surface area contributed by atoms with Crippen LogP contribution in [0.4, 0.5) is 0 Å². The van der Waals surface area contributed by atoms with E-state index in [4.69, 9.17) is 15.2 Å². The minimum Gasteiger partial charge on any atom is -0.495 e. The Morgan fingerprint density at radius 1 is 1.29 bits per heavy atom. The molecule has 1 unspecified atom stereocenters. The van der Waals surface area contributed by atoms with Crippen LogP contribution >= 0.6 is 0 Å². The second kappa shape index (κ2) is 7.74. The summed E-state index contributed by atoms with van der Waals surface area (Å²) < 4.78 is 37.9. The van der Waals surface area contributed by atoms with Gasteiger partial charge in [-0.25, -0.2) is 13.1 Å². The molecule has 0 bridgehead atoms. The standard InChI is InChI=1S/C14H24N2O4S/c1-10(2)12(9-19-3)16-21(17,18)14-6-5-11(8-15)7-13(14)20-4/h5-7,10,12,16H,8-9,15H2,1-4H3. The lowest BCUT2D eigenvalue weighted by molar-refractivity contribution is 0.157. The molecule has 0 heterocycles. The minimum absolute atomic E-state index is 0.101. The molecule has 0 aromatic heterocycles. The van der Waals surface area contributed by atoms with Gasteiger partial charge < -0.3 is 15.2 Å². The van der Waals surface area contributed by atoms with Crippen LogP contribution in [0.5, 0.6) is 5.75 Å². The van der Waals surface area contributed by atoms with Gasteiger partial charge in [0, 0.05) is 19.7 Å². The van der Waals surface area contributed by atoms with Gasteiger partial charge in [-0.1, -0.05) is 19.9 Å². The molecule has 1 aromatic carbocycles. The molecule has 0 radical (unpaired) electrons. The first-order valence-electron chi connectivity index (χ1n) is 6.74. The molecule has 0 aliphatic rings. The Morgan fingerprint density at radius 2 is 1.95 bits per heavy atom. The van der Waals surface area contributed by atoms with Crippen LogP contribution in [0.2, 0.25) is 0 Å². The van der Waals surface area contributed by atoms with Gasteiger partial charge in [-0.05, 0) is 23.6 Å². The third-order valence-electron chi connectivity index (χ3n) is 3.21. The molecule has 0 saturated carbocycles. The lowest BCUT2D eigenvalue weighted by Gasteiger charge is -2.22. The van der Waals surface area contributed by atoms with Crippen molar-refractivity contribution >= 4 is 10.0 Å². The van der Waals surface area contributed by atoms with Crippen molar-refractivity contribution in [3.8, 4) is 5.75 Å². The quantitative estimate of drug-likeness (QED) is 0.749. The van der Waals surface area contributed by atoms with E-state index in [1.54, 1.807) is 19.2 Å². The maximum Gasteiger partial charge on any atom is 0.244 e. The number of hydrogen-bond acceptors (Lipinski definition) is 5. The molecule has 0 spiro atoms. The van der Waals surface area contributed by atoms with Crippen molar-refractivity contribution in [2.45, 2.75) is 31.3 Å². The maximum absolute atomic E-state index is 12.5. The zero-order valence-corrected chi connectivity index (χ0v) is 13.7. The smallest absolute Gasteiger partial charge is 0.244 e. The summed E-state index contributed by atoms with van der Waals surface area (Å²) in [5, 5.41) is 0. The van der Waals surface area contributed by atoms with Crippen molar-refractivity contribution in [2.75, 3.05) is 20.8 Å². The van der Waals surface area contributed by atoms with Crippen molar-refractivity contribution in [2.24, 2.45) is 11.7 Å². The van der Waals surface area contributed by atoms with Gasteiger partial charge in [0.1, 0.15) is 10.6 Å². The summed E-state index contributed by atoms with van der Waals surface area (Å²) in [6.45, 7) is 4.49. The average molecular weight is 316 g/mol. The third kappa shape index (κ3) is 4.67. The van der Waals surface area contributed by atoms with Gasteiger partial charge in [-0.2, -0.15) is 0 Å². The molecule has 21 heavy (non-hydrogen) atoms. The Bertz CT molecular complexity index is 558. The Morgan fingerprint density at radius 3 is 2.43 bits per heavy atom. The van der Waals surface area contributed by atoms with E-state index in [-0.39, 0.29) is 22.6 Å². The molecule has 7 heteroatoms. The van der Waals surface area contributed by atoms with Crippen LogP contribution < -0.4 is 15.2 Å². The number of nitrogens with one attached hydrogen (secondary N) is 1. The zero-order valence-electron chi connectivity index (χ0n) is 12.9. The Balaban J connectivity index is 3.12. The van der Waals surface area contributed by atoms with Crippen LogP contribution in [-0.2, 0) is 21.3 Å². The molecule has 6 nitrogen and oxygen atoms in total. The highest BCUT2D eigenvalue weighted by Crippen LogP contribution is 2.25. The number of ether oxygens (including phenoxy) is 2. The predicted octanol–water partition coefficient (Wildman–Crippen LogP) is 1.10. The fourth-order valence-electron chi connectivity index (χ4n) is 1.87. The molecule has 1 atom stereocenters. The van der Waals surface area contributed by atoms with Gasteiger partial charge in [0.2, 0.25) is 10.0 Å². The van der Waals surface area contributed by atoms with Gasteiger partial charge in [-0.15, -0.1) is 0 Å². The third-order valence-corrected chi connectivity index (χ3v) is 4.74. The summed E-state index contributed by atoms with van der Waals surface area (Å²) >= 11 is 0. The SMILES string of the molecule is COCC(NS(=O)(=O)c1ccc(CN)cc1OC)C(C)C. The van der Waals surface area contributed by atoms with Crippen molar-refractivity contribution in [3.05, 3.63) is 23.8 Å². The van der Waals surface area contributed by atoms with Crippen molar-refractivity contribution in [1.29, 1.82) is 0 Å². The molecular formula is C14H24N2O4S. The Labute approximate surface area is 126 Å². The Hall–Kier alpha value is -1.15. The predicted molar refractivity (Wildman–Crippen MR) is 81.7 cm³/mol. The lowest BCUT2D eigenvalue weighted by Crippen LogP contribution is -2.41. The summed E-state index contributed by atoms with van der Waals surface area (Å²) in [6, 6.07) is 4.51. The van der Waals surface area contributed by atoms with E-state index in [2.05, 4.69) is 4.72 Å². The number of sulfonamides is 1. The van der Waals surface area contributed by atoms with Gasteiger partial charge in [0.15, 0.2) is 0 Å². The van der Waals surface area contributed by atoms with Crippen LogP contribution in [0.1, 0.15) is 19.4 Å². The highest BCUT2D eigenvalue weighted by Gasteiger charge is 2.25. The van der Waals surface area contributed by atoms with Crippen LogP contribution in [0.25, 0.3) is 0 Å². The monoisotopic (exact) mass is 316 g/mol. The highest BCUT2D eigenvalue weighted by atomic mass is 32.2. The van der Waals surface area contributed by atoms with Crippen LogP contribution in [0.15, 0.2) is 23.1 Å². The second-order valence-corrected chi connectivity index (χ2v) is 6.80. The Kier molecular flexibility index (Phi) is 6.60. The molecule has 1 aromatic rings. The van der Waals surface area contributed by atoms with Gasteiger partial charge in [0.05, 0.1) is 13.7 Å². The molecule has 3 N–H and O–H groups in total. The minimum atomic E-state index is -3.69. The van der Waals surface area contributed by atoms with E-state index in [9.17, 15) is 8.42 Å². The largest absolute Gasteiger partial charge is 0.495 e. The fourth-order valence-corrected chi connectivity index (χ4v) is 3.39. The number of methoxy groups -OCH3 is 2. The molecule has 0 fully saturated rings. The van der Waals surface area contributed by atoms with Gasteiger partial charge >= 0.3 is 0 Å². The van der Waals surface area contributed by atoms with Crippen molar-refractivity contribution < 1.29 is 17.9 Å². The van der Waals surface area contributed by atoms with Crippen LogP contribution in [0.3, 0.4) is 0 Å².